The van der Waals surface area contributed by atoms with Crippen LogP contribution in [0.2, 0.25) is 0 Å². The van der Waals surface area contributed by atoms with E-state index in [1.54, 1.807) is 6.08 Å². The molecule has 0 amide bonds. The second-order valence-electron chi connectivity index (χ2n) is 5.16. The molecule has 0 saturated carbocycles. The molecule has 2 heteroatoms. The van der Waals surface area contributed by atoms with E-state index < -0.39 is 0 Å². The minimum atomic E-state index is -0.0472. The van der Waals surface area contributed by atoms with Gasteiger partial charge in [-0.15, -0.1) is 13.2 Å². The van der Waals surface area contributed by atoms with E-state index in [-0.39, 0.29) is 5.97 Å². The molecule has 0 saturated heterocycles. The van der Waals surface area contributed by atoms with Crippen molar-refractivity contribution in [2.75, 3.05) is 6.61 Å². The number of carbonyl (C=O) groups is 1. The van der Waals surface area contributed by atoms with Crippen LogP contribution in [0, 0.1) is 0 Å². The molecule has 0 aliphatic rings. The standard InChI is InChI=1S/C10H20O2.C7H14.C3H6/c1-3-5-6-7-8-9-10(11)12-4-2;1-3-5-7-6-4-2;1-3-2/h3-9H2,1-2H3;3H,1,4-7H2,2H3;3H,1H2,2H3. The monoisotopic (exact) mass is 312 g/mol. The molecule has 0 atom stereocenters. The first-order valence-corrected chi connectivity index (χ1v) is 8.97. The molecule has 0 bridgehead atoms. The Morgan fingerprint density at radius 2 is 1.41 bits per heavy atom. The van der Waals surface area contributed by atoms with Gasteiger partial charge < -0.3 is 4.74 Å². The highest BCUT2D eigenvalue weighted by Gasteiger charge is 1.99. The smallest absolute Gasteiger partial charge is 0.305 e. The third-order valence-corrected chi connectivity index (χ3v) is 2.80. The van der Waals surface area contributed by atoms with Gasteiger partial charge in [-0.2, -0.15) is 0 Å². The summed E-state index contributed by atoms with van der Waals surface area (Å²) in [6, 6.07) is 0. The zero-order valence-electron chi connectivity index (χ0n) is 15.7. The highest BCUT2D eigenvalue weighted by molar-refractivity contribution is 5.69. The van der Waals surface area contributed by atoms with Gasteiger partial charge in [0.1, 0.15) is 0 Å². The molecular weight excluding hydrogens is 272 g/mol. The number of hydrogen-bond donors (Lipinski definition) is 0. The second-order valence-corrected chi connectivity index (χ2v) is 5.16. The molecule has 0 spiro atoms. The molecule has 0 heterocycles. The summed E-state index contributed by atoms with van der Waals surface area (Å²) < 4.78 is 4.81. The molecule has 0 unspecified atom stereocenters. The zero-order chi connectivity index (χ0) is 17.5. The minimum Gasteiger partial charge on any atom is -0.466 e. The van der Waals surface area contributed by atoms with Gasteiger partial charge in [0, 0.05) is 6.42 Å². The molecule has 0 aliphatic carbocycles. The van der Waals surface area contributed by atoms with Crippen LogP contribution in [0.4, 0.5) is 0 Å². The number of allylic oxidation sites excluding steroid dienone is 2. The largest absolute Gasteiger partial charge is 0.466 e. The predicted molar refractivity (Wildman–Crippen MR) is 100 cm³/mol. The first-order valence-electron chi connectivity index (χ1n) is 8.97. The summed E-state index contributed by atoms with van der Waals surface area (Å²) in [6.07, 6.45) is 15.4. The van der Waals surface area contributed by atoms with Crippen LogP contribution >= 0.6 is 0 Å². The molecule has 22 heavy (non-hydrogen) atoms. The molecule has 0 rings (SSSR count). The van der Waals surface area contributed by atoms with Crippen molar-refractivity contribution in [1.82, 2.24) is 0 Å². The second kappa shape index (κ2) is 28.2. The minimum absolute atomic E-state index is 0.0472. The fourth-order valence-corrected chi connectivity index (χ4v) is 1.64. The molecule has 0 radical (unpaired) electrons. The van der Waals surface area contributed by atoms with Crippen molar-refractivity contribution in [2.45, 2.75) is 91.9 Å². The van der Waals surface area contributed by atoms with Gasteiger partial charge in [-0.05, 0) is 33.1 Å². The fourth-order valence-electron chi connectivity index (χ4n) is 1.64. The first kappa shape index (κ1) is 25.9. The Balaban J connectivity index is -0.000000305. The van der Waals surface area contributed by atoms with Crippen molar-refractivity contribution in [3.05, 3.63) is 25.3 Å². The summed E-state index contributed by atoms with van der Waals surface area (Å²) in [5.41, 5.74) is 0. The molecule has 0 aromatic carbocycles. The van der Waals surface area contributed by atoms with Gasteiger partial charge in [-0.3, -0.25) is 4.79 Å². The van der Waals surface area contributed by atoms with Crippen molar-refractivity contribution in [2.24, 2.45) is 0 Å². The molecular formula is C20H40O2. The predicted octanol–water partition coefficient (Wildman–Crippen LogP) is 6.86. The van der Waals surface area contributed by atoms with E-state index in [0.29, 0.717) is 13.0 Å². The lowest BCUT2D eigenvalue weighted by Crippen LogP contribution is -2.02. The van der Waals surface area contributed by atoms with Crippen molar-refractivity contribution >= 4 is 5.97 Å². The van der Waals surface area contributed by atoms with Crippen molar-refractivity contribution in [3.63, 3.8) is 0 Å². The third kappa shape index (κ3) is 36.4. The molecule has 0 aromatic heterocycles. The van der Waals surface area contributed by atoms with Crippen LogP contribution in [0.15, 0.2) is 25.3 Å². The highest BCUT2D eigenvalue weighted by atomic mass is 16.5. The summed E-state index contributed by atoms with van der Waals surface area (Å²) in [4.78, 5) is 10.9. The SMILES string of the molecule is C=CC.C=CCCCCC.CCCCCCCC(=O)OCC. The quantitative estimate of drug-likeness (QED) is 0.237. The van der Waals surface area contributed by atoms with Crippen molar-refractivity contribution in [3.8, 4) is 0 Å². The molecule has 0 aliphatic heterocycles. The van der Waals surface area contributed by atoms with Crippen LogP contribution in [0.25, 0.3) is 0 Å². The van der Waals surface area contributed by atoms with Gasteiger partial charge in [-0.25, -0.2) is 0 Å². The number of carbonyl (C=O) groups excluding carboxylic acids is 1. The number of rotatable bonds is 11. The molecule has 0 N–H and O–H groups in total. The third-order valence-electron chi connectivity index (χ3n) is 2.80. The summed E-state index contributed by atoms with van der Waals surface area (Å²) in [5.74, 6) is -0.0472. The van der Waals surface area contributed by atoms with E-state index in [0.717, 1.165) is 12.8 Å². The van der Waals surface area contributed by atoms with Crippen LogP contribution in [-0.4, -0.2) is 12.6 Å². The summed E-state index contributed by atoms with van der Waals surface area (Å²) in [5, 5.41) is 0. The fraction of sp³-hybridized carbons (Fsp3) is 0.750. The van der Waals surface area contributed by atoms with E-state index >= 15 is 0 Å². The lowest BCUT2D eigenvalue weighted by atomic mass is 10.1. The Bertz CT molecular complexity index is 222. The molecule has 0 fully saturated rings. The Kier molecular flexibility index (Phi) is 33.1. The van der Waals surface area contributed by atoms with Crippen LogP contribution in [0.3, 0.4) is 0 Å². The maximum atomic E-state index is 10.9. The van der Waals surface area contributed by atoms with Crippen LogP contribution in [-0.2, 0) is 9.53 Å². The first-order chi connectivity index (χ1) is 10.6. The van der Waals surface area contributed by atoms with E-state index in [4.69, 9.17) is 4.74 Å². The van der Waals surface area contributed by atoms with Gasteiger partial charge >= 0.3 is 5.97 Å². The van der Waals surface area contributed by atoms with Crippen LogP contribution in [0.1, 0.15) is 91.9 Å². The normalized spacial score (nSPS) is 8.73. The Morgan fingerprint density at radius 3 is 1.86 bits per heavy atom. The Hall–Kier alpha value is -1.05. The Labute approximate surface area is 140 Å². The number of unbranched alkanes of at least 4 members (excludes halogenated alkanes) is 7. The molecule has 0 aromatic rings. The number of hydrogen-bond acceptors (Lipinski definition) is 2. The lowest BCUT2D eigenvalue weighted by Gasteiger charge is -2.00. The van der Waals surface area contributed by atoms with Gasteiger partial charge in [0.25, 0.3) is 0 Å². The number of esters is 1. The number of ether oxygens (including phenoxy) is 1. The lowest BCUT2D eigenvalue weighted by molar-refractivity contribution is -0.143. The van der Waals surface area contributed by atoms with E-state index in [9.17, 15) is 4.79 Å². The van der Waals surface area contributed by atoms with Crippen LogP contribution < -0.4 is 0 Å². The molecule has 132 valence electrons. The van der Waals surface area contributed by atoms with Gasteiger partial charge in [0.05, 0.1) is 6.61 Å². The van der Waals surface area contributed by atoms with Crippen molar-refractivity contribution in [1.29, 1.82) is 0 Å². The van der Waals surface area contributed by atoms with Gasteiger partial charge in [0.2, 0.25) is 0 Å². The van der Waals surface area contributed by atoms with Crippen LogP contribution in [0.5, 0.6) is 0 Å². The van der Waals surface area contributed by atoms with Crippen molar-refractivity contribution < 1.29 is 9.53 Å². The van der Waals surface area contributed by atoms with E-state index in [2.05, 4.69) is 27.0 Å². The highest BCUT2D eigenvalue weighted by Crippen LogP contribution is 2.05. The van der Waals surface area contributed by atoms with E-state index in [1.807, 2.05) is 19.9 Å². The van der Waals surface area contributed by atoms with Gasteiger partial charge in [-0.1, -0.05) is 64.5 Å². The maximum Gasteiger partial charge on any atom is 0.305 e. The average molecular weight is 313 g/mol. The summed E-state index contributed by atoms with van der Waals surface area (Å²) in [7, 11) is 0. The Morgan fingerprint density at radius 1 is 0.909 bits per heavy atom. The molecule has 2 nitrogen and oxygen atoms in total. The summed E-state index contributed by atoms with van der Waals surface area (Å²) >= 11 is 0. The summed E-state index contributed by atoms with van der Waals surface area (Å²) in [6.45, 7) is 15.6. The topological polar surface area (TPSA) is 26.3 Å². The van der Waals surface area contributed by atoms with E-state index in [1.165, 1.54) is 44.9 Å². The average Bonchev–Trinajstić information content (AvgIpc) is 2.49. The maximum absolute atomic E-state index is 10.9. The van der Waals surface area contributed by atoms with Gasteiger partial charge in [0.15, 0.2) is 0 Å². The zero-order valence-corrected chi connectivity index (χ0v) is 15.7.